The van der Waals surface area contributed by atoms with Crippen molar-refractivity contribution >= 4 is 17.5 Å². The van der Waals surface area contributed by atoms with Crippen molar-refractivity contribution in [2.24, 2.45) is 0 Å². The Hall–Kier alpha value is -1.94. The Morgan fingerprint density at radius 1 is 1.22 bits per heavy atom. The summed E-state index contributed by atoms with van der Waals surface area (Å²) in [6.45, 7) is 0.589. The molecule has 2 aromatic rings. The van der Waals surface area contributed by atoms with Crippen LogP contribution < -0.4 is 0 Å². The highest BCUT2D eigenvalue weighted by Gasteiger charge is 2.30. The second-order valence-corrected chi connectivity index (χ2v) is 6.08. The predicted molar refractivity (Wildman–Crippen MR) is 85.2 cm³/mol. The maximum absolute atomic E-state index is 13.9. The molecule has 0 saturated carbocycles. The number of benzene rings is 2. The lowest BCUT2D eigenvalue weighted by Gasteiger charge is -2.25. The topological polar surface area (TPSA) is 20.3 Å². The maximum Gasteiger partial charge on any atom is 0.227 e. The van der Waals surface area contributed by atoms with Gasteiger partial charge in [-0.1, -0.05) is 29.8 Å². The number of halogens is 3. The first kappa shape index (κ1) is 15.9. The van der Waals surface area contributed by atoms with E-state index in [9.17, 15) is 13.6 Å². The molecule has 1 heterocycles. The number of nitrogens with zero attached hydrogens (tertiary/aromatic N) is 1. The van der Waals surface area contributed by atoms with Crippen molar-refractivity contribution < 1.29 is 13.6 Å². The molecule has 120 valence electrons. The minimum absolute atomic E-state index is 0.0860. The highest BCUT2D eigenvalue weighted by molar-refractivity contribution is 6.31. The lowest BCUT2D eigenvalue weighted by atomic mass is 10.0. The van der Waals surface area contributed by atoms with E-state index in [0.717, 1.165) is 18.4 Å². The molecule has 1 aliphatic heterocycles. The Bertz CT molecular complexity index is 714. The zero-order valence-corrected chi connectivity index (χ0v) is 13.2. The molecular weight excluding hydrogens is 320 g/mol. The third kappa shape index (κ3) is 3.37. The fourth-order valence-electron chi connectivity index (χ4n) is 3.08. The molecule has 1 atom stereocenters. The van der Waals surface area contributed by atoms with Crippen LogP contribution in [0, 0.1) is 11.6 Å². The highest BCUT2D eigenvalue weighted by atomic mass is 35.5. The van der Waals surface area contributed by atoms with Gasteiger partial charge < -0.3 is 4.90 Å². The van der Waals surface area contributed by atoms with Crippen molar-refractivity contribution in [2.75, 3.05) is 6.54 Å². The first-order chi connectivity index (χ1) is 11.1. The average molecular weight is 336 g/mol. The molecule has 0 radical (unpaired) electrons. The predicted octanol–water partition coefficient (Wildman–Crippen LogP) is 4.52. The minimum atomic E-state index is -0.479. The van der Waals surface area contributed by atoms with Gasteiger partial charge in [0.25, 0.3) is 0 Å². The first-order valence-corrected chi connectivity index (χ1v) is 7.92. The van der Waals surface area contributed by atoms with Crippen LogP contribution in [0.1, 0.15) is 30.0 Å². The van der Waals surface area contributed by atoms with Gasteiger partial charge in [0.15, 0.2) is 0 Å². The van der Waals surface area contributed by atoms with Crippen LogP contribution in [0.4, 0.5) is 8.78 Å². The van der Waals surface area contributed by atoms with Gasteiger partial charge in [0, 0.05) is 17.1 Å². The largest absolute Gasteiger partial charge is 0.335 e. The number of carbonyl (C=O) groups is 1. The van der Waals surface area contributed by atoms with E-state index in [1.54, 1.807) is 17.0 Å². The molecule has 2 nitrogen and oxygen atoms in total. The van der Waals surface area contributed by atoms with Crippen molar-refractivity contribution in [1.82, 2.24) is 4.90 Å². The molecule has 0 aliphatic carbocycles. The van der Waals surface area contributed by atoms with Crippen molar-refractivity contribution in [1.29, 1.82) is 0 Å². The monoisotopic (exact) mass is 335 g/mol. The van der Waals surface area contributed by atoms with Crippen molar-refractivity contribution in [3.63, 3.8) is 0 Å². The van der Waals surface area contributed by atoms with E-state index in [1.807, 2.05) is 6.07 Å². The second kappa shape index (κ2) is 6.67. The molecule has 0 spiro atoms. The van der Waals surface area contributed by atoms with Crippen LogP contribution in [-0.2, 0) is 11.2 Å². The standard InChI is InChI=1S/C18H16ClF2NO/c19-15-6-2-7-16(21)14(15)11-18(23)22-9-3-8-17(22)12-4-1-5-13(20)10-12/h1-2,4-7,10,17H,3,8-9,11H2/t17-/m0/s1. The minimum Gasteiger partial charge on any atom is -0.335 e. The number of carbonyl (C=O) groups excluding carboxylic acids is 1. The highest BCUT2D eigenvalue weighted by Crippen LogP contribution is 2.33. The fraction of sp³-hybridized carbons (Fsp3) is 0.278. The van der Waals surface area contributed by atoms with E-state index in [1.165, 1.54) is 24.3 Å². The molecule has 1 amide bonds. The lowest BCUT2D eigenvalue weighted by molar-refractivity contribution is -0.131. The lowest BCUT2D eigenvalue weighted by Crippen LogP contribution is -2.32. The van der Waals surface area contributed by atoms with Crippen molar-refractivity contribution in [3.8, 4) is 0 Å². The van der Waals surface area contributed by atoms with Crippen molar-refractivity contribution in [3.05, 3.63) is 70.2 Å². The Morgan fingerprint density at radius 2 is 2.00 bits per heavy atom. The Morgan fingerprint density at radius 3 is 2.74 bits per heavy atom. The Labute approximate surface area is 138 Å². The van der Waals surface area contributed by atoms with Crippen LogP contribution in [0.2, 0.25) is 5.02 Å². The number of rotatable bonds is 3. The smallest absolute Gasteiger partial charge is 0.227 e. The van der Waals surface area contributed by atoms with Crippen LogP contribution in [-0.4, -0.2) is 17.4 Å². The summed E-state index contributed by atoms with van der Waals surface area (Å²) in [6.07, 6.45) is 1.54. The molecule has 1 aliphatic rings. The summed E-state index contributed by atoms with van der Waals surface area (Å²) in [6, 6.07) is 10.5. The van der Waals surface area contributed by atoms with Gasteiger partial charge in [-0.05, 0) is 42.7 Å². The SMILES string of the molecule is O=C(Cc1c(F)cccc1Cl)N1CCC[C@H]1c1cccc(F)c1. The van der Waals surface area contributed by atoms with E-state index < -0.39 is 5.82 Å². The van der Waals surface area contributed by atoms with Crippen LogP contribution in [0.3, 0.4) is 0 Å². The van der Waals surface area contributed by atoms with Gasteiger partial charge in [-0.25, -0.2) is 8.78 Å². The summed E-state index contributed by atoms with van der Waals surface area (Å²) in [5, 5.41) is 0.250. The second-order valence-electron chi connectivity index (χ2n) is 5.68. The van der Waals surface area contributed by atoms with Gasteiger partial charge in [0.2, 0.25) is 5.91 Å². The molecule has 1 fully saturated rings. The maximum atomic E-state index is 13.9. The third-order valence-corrected chi connectivity index (χ3v) is 4.55. The Balaban J connectivity index is 1.81. The number of hydrogen-bond acceptors (Lipinski definition) is 1. The summed E-state index contributed by atoms with van der Waals surface area (Å²) in [5.74, 6) is -0.991. The van der Waals surface area contributed by atoms with E-state index in [-0.39, 0.29) is 34.8 Å². The molecule has 2 aromatic carbocycles. The molecule has 1 saturated heterocycles. The summed E-state index contributed by atoms with van der Waals surface area (Å²) < 4.78 is 27.3. The molecule has 0 unspecified atom stereocenters. The van der Waals surface area contributed by atoms with Gasteiger partial charge in [0.1, 0.15) is 11.6 Å². The molecule has 5 heteroatoms. The summed E-state index contributed by atoms with van der Waals surface area (Å²) >= 11 is 5.99. The zero-order valence-electron chi connectivity index (χ0n) is 12.4. The fourth-order valence-corrected chi connectivity index (χ4v) is 3.31. The number of amides is 1. The molecule has 0 N–H and O–H groups in total. The zero-order chi connectivity index (χ0) is 16.4. The van der Waals surface area contributed by atoms with E-state index in [2.05, 4.69) is 0 Å². The van der Waals surface area contributed by atoms with E-state index in [4.69, 9.17) is 11.6 Å². The number of hydrogen-bond donors (Lipinski definition) is 0. The third-order valence-electron chi connectivity index (χ3n) is 4.20. The number of likely N-dealkylation sites (tertiary alicyclic amines) is 1. The summed E-state index contributed by atoms with van der Waals surface area (Å²) in [5.41, 5.74) is 0.986. The molecule has 0 bridgehead atoms. The Kier molecular flexibility index (Phi) is 4.62. The first-order valence-electron chi connectivity index (χ1n) is 7.54. The van der Waals surface area contributed by atoms with E-state index >= 15 is 0 Å². The van der Waals surface area contributed by atoms with Gasteiger partial charge in [-0.15, -0.1) is 0 Å². The summed E-state index contributed by atoms with van der Waals surface area (Å²) in [4.78, 5) is 14.3. The van der Waals surface area contributed by atoms with Gasteiger partial charge in [-0.3, -0.25) is 4.79 Å². The molecule has 23 heavy (non-hydrogen) atoms. The normalized spacial score (nSPS) is 17.5. The van der Waals surface area contributed by atoms with E-state index in [0.29, 0.717) is 6.54 Å². The molecule has 0 aromatic heterocycles. The van der Waals surface area contributed by atoms with Crippen LogP contribution in [0.25, 0.3) is 0 Å². The van der Waals surface area contributed by atoms with Crippen molar-refractivity contribution in [2.45, 2.75) is 25.3 Å². The quantitative estimate of drug-likeness (QED) is 0.807. The summed E-state index contributed by atoms with van der Waals surface area (Å²) in [7, 11) is 0. The van der Waals surface area contributed by atoms with Gasteiger partial charge >= 0.3 is 0 Å². The average Bonchev–Trinajstić information content (AvgIpc) is 3.00. The van der Waals surface area contributed by atoms with Gasteiger partial charge in [0.05, 0.1) is 12.5 Å². The van der Waals surface area contributed by atoms with Crippen LogP contribution in [0.5, 0.6) is 0 Å². The van der Waals surface area contributed by atoms with Crippen LogP contribution in [0.15, 0.2) is 42.5 Å². The molecule has 3 rings (SSSR count). The van der Waals surface area contributed by atoms with Crippen LogP contribution >= 0.6 is 11.6 Å². The van der Waals surface area contributed by atoms with Gasteiger partial charge in [-0.2, -0.15) is 0 Å². The molecular formula is C18H16ClF2NO.